The van der Waals surface area contributed by atoms with Gasteiger partial charge in [0.15, 0.2) is 5.96 Å². The molecule has 2 rings (SSSR count). The molecule has 1 fully saturated rings. The fraction of sp³-hybridized carbons (Fsp3) is 0.588. The molecular formula is C17H26FN3. The van der Waals surface area contributed by atoms with Crippen molar-refractivity contribution in [2.45, 2.75) is 39.0 Å². The van der Waals surface area contributed by atoms with Crippen molar-refractivity contribution in [2.24, 2.45) is 10.9 Å². The van der Waals surface area contributed by atoms with Crippen LogP contribution >= 0.6 is 0 Å². The largest absolute Gasteiger partial charge is 0.357 e. The standard InChI is InChI=1S/C17H26FN3/c1-4-19-16(20-11-13-8-9-13)21-12-17(2,3)14-6-5-7-15(18)10-14/h5-7,10,13H,4,8-9,11-12H2,1-3H3,(H2,19,20,21). The van der Waals surface area contributed by atoms with Gasteiger partial charge in [0.1, 0.15) is 5.82 Å². The van der Waals surface area contributed by atoms with Gasteiger partial charge in [-0.1, -0.05) is 26.0 Å². The average molecular weight is 291 g/mol. The summed E-state index contributed by atoms with van der Waals surface area (Å²) in [4.78, 5) is 4.66. The van der Waals surface area contributed by atoms with E-state index in [1.807, 2.05) is 6.07 Å². The maximum Gasteiger partial charge on any atom is 0.191 e. The van der Waals surface area contributed by atoms with Crippen LogP contribution in [0.4, 0.5) is 4.39 Å². The van der Waals surface area contributed by atoms with Crippen molar-refractivity contribution in [1.29, 1.82) is 0 Å². The first-order valence-electron chi connectivity index (χ1n) is 7.79. The van der Waals surface area contributed by atoms with Crippen LogP contribution in [0.25, 0.3) is 0 Å². The Morgan fingerprint density at radius 2 is 2.10 bits per heavy atom. The van der Waals surface area contributed by atoms with Gasteiger partial charge in [-0.2, -0.15) is 0 Å². The zero-order chi connectivity index (χ0) is 15.3. The Bertz CT molecular complexity index is 493. The molecule has 0 spiro atoms. The Morgan fingerprint density at radius 1 is 1.33 bits per heavy atom. The summed E-state index contributed by atoms with van der Waals surface area (Å²) in [6.07, 6.45) is 2.64. The summed E-state index contributed by atoms with van der Waals surface area (Å²) in [6, 6.07) is 6.79. The molecule has 1 aromatic carbocycles. The zero-order valence-electron chi connectivity index (χ0n) is 13.2. The lowest BCUT2D eigenvalue weighted by Crippen LogP contribution is -2.39. The first-order chi connectivity index (χ1) is 10.0. The van der Waals surface area contributed by atoms with Gasteiger partial charge < -0.3 is 10.6 Å². The van der Waals surface area contributed by atoms with Gasteiger partial charge in [0, 0.05) is 18.5 Å². The number of guanidine groups is 1. The molecule has 0 aromatic heterocycles. The second kappa shape index (κ2) is 6.92. The Morgan fingerprint density at radius 3 is 2.71 bits per heavy atom. The smallest absolute Gasteiger partial charge is 0.191 e. The first-order valence-corrected chi connectivity index (χ1v) is 7.79. The summed E-state index contributed by atoms with van der Waals surface area (Å²) in [6.45, 7) is 8.71. The van der Waals surface area contributed by atoms with E-state index in [9.17, 15) is 4.39 Å². The molecule has 1 aliphatic carbocycles. The molecule has 1 saturated carbocycles. The number of aliphatic imine (C=N–C) groups is 1. The van der Waals surface area contributed by atoms with Crippen LogP contribution in [0.15, 0.2) is 29.3 Å². The molecule has 2 N–H and O–H groups in total. The van der Waals surface area contributed by atoms with E-state index in [1.165, 1.54) is 18.9 Å². The fourth-order valence-corrected chi connectivity index (χ4v) is 2.18. The van der Waals surface area contributed by atoms with E-state index in [-0.39, 0.29) is 11.2 Å². The Labute approximate surface area is 127 Å². The Hall–Kier alpha value is -1.58. The van der Waals surface area contributed by atoms with E-state index >= 15 is 0 Å². The Kier molecular flexibility index (Phi) is 5.21. The maximum absolute atomic E-state index is 13.4. The van der Waals surface area contributed by atoms with Gasteiger partial charge >= 0.3 is 0 Å². The molecule has 0 unspecified atom stereocenters. The highest BCUT2D eigenvalue weighted by Crippen LogP contribution is 2.27. The van der Waals surface area contributed by atoms with Crippen LogP contribution < -0.4 is 10.6 Å². The molecule has 0 heterocycles. The monoisotopic (exact) mass is 291 g/mol. The second-order valence-corrected chi connectivity index (χ2v) is 6.41. The third kappa shape index (κ3) is 5.03. The molecule has 1 aromatic rings. The van der Waals surface area contributed by atoms with Crippen LogP contribution in [0.2, 0.25) is 0 Å². The van der Waals surface area contributed by atoms with Crippen molar-refractivity contribution in [1.82, 2.24) is 10.6 Å². The molecule has 0 atom stereocenters. The van der Waals surface area contributed by atoms with Crippen molar-refractivity contribution >= 4 is 5.96 Å². The van der Waals surface area contributed by atoms with Gasteiger partial charge in [-0.15, -0.1) is 0 Å². The van der Waals surface area contributed by atoms with Gasteiger partial charge in [0.2, 0.25) is 0 Å². The summed E-state index contributed by atoms with van der Waals surface area (Å²) in [5, 5.41) is 6.65. The highest BCUT2D eigenvalue weighted by Gasteiger charge is 2.23. The highest BCUT2D eigenvalue weighted by molar-refractivity contribution is 5.79. The van der Waals surface area contributed by atoms with Crippen molar-refractivity contribution in [3.8, 4) is 0 Å². The maximum atomic E-state index is 13.4. The van der Waals surface area contributed by atoms with E-state index in [0.29, 0.717) is 6.54 Å². The van der Waals surface area contributed by atoms with Crippen molar-refractivity contribution < 1.29 is 4.39 Å². The number of hydrogen-bond acceptors (Lipinski definition) is 1. The number of nitrogens with one attached hydrogen (secondary N) is 2. The van der Waals surface area contributed by atoms with E-state index in [2.05, 4.69) is 36.4 Å². The molecule has 1 aliphatic rings. The third-order valence-electron chi connectivity index (χ3n) is 3.84. The lowest BCUT2D eigenvalue weighted by Gasteiger charge is -2.24. The van der Waals surface area contributed by atoms with Crippen LogP contribution in [-0.2, 0) is 5.41 Å². The summed E-state index contributed by atoms with van der Waals surface area (Å²) in [5.74, 6) is 1.47. The average Bonchev–Trinajstić information content (AvgIpc) is 3.26. The molecule has 4 heteroatoms. The molecule has 0 aliphatic heterocycles. The van der Waals surface area contributed by atoms with Gasteiger partial charge in [-0.25, -0.2) is 4.39 Å². The summed E-state index contributed by atoms with van der Waals surface area (Å²) in [7, 11) is 0. The summed E-state index contributed by atoms with van der Waals surface area (Å²) < 4.78 is 13.4. The molecule has 0 saturated heterocycles. The molecule has 0 bridgehead atoms. The van der Waals surface area contributed by atoms with Crippen LogP contribution in [0.5, 0.6) is 0 Å². The molecule has 0 radical (unpaired) electrons. The molecule has 3 nitrogen and oxygen atoms in total. The number of rotatable bonds is 6. The van der Waals surface area contributed by atoms with E-state index in [0.717, 1.165) is 30.5 Å². The van der Waals surface area contributed by atoms with Crippen LogP contribution in [-0.4, -0.2) is 25.6 Å². The van der Waals surface area contributed by atoms with Gasteiger partial charge in [0.25, 0.3) is 0 Å². The lowest BCUT2D eigenvalue weighted by molar-refractivity contribution is 0.529. The Balaban J connectivity index is 1.99. The molecule has 116 valence electrons. The second-order valence-electron chi connectivity index (χ2n) is 6.41. The number of benzene rings is 1. The van der Waals surface area contributed by atoms with Gasteiger partial charge in [-0.05, 0) is 43.4 Å². The SMILES string of the molecule is CCNC(=NCC(C)(C)c1cccc(F)c1)NCC1CC1. The highest BCUT2D eigenvalue weighted by atomic mass is 19.1. The van der Waals surface area contributed by atoms with E-state index in [1.54, 1.807) is 12.1 Å². The predicted molar refractivity (Wildman–Crippen MR) is 86.1 cm³/mol. The fourth-order valence-electron chi connectivity index (χ4n) is 2.18. The molecule has 0 amide bonds. The number of hydrogen-bond donors (Lipinski definition) is 2. The zero-order valence-corrected chi connectivity index (χ0v) is 13.2. The minimum Gasteiger partial charge on any atom is -0.357 e. The van der Waals surface area contributed by atoms with Gasteiger partial charge in [0.05, 0.1) is 6.54 Å². The van der Waals surface area contributed by atoms with Crippen LogP contribution in [0.1, 0.15) is 39.2 Å². The quantitative estimate of drug-likeness (QED) is 0.624. The summed E-state index contributed by atoms with van der Waals surface area (Å²) >= 11 is 0. The number of halogens is 1. The van der Waals surface area contributed by atoms with E-state index < -0.39 is 0 Å². The van der Waals surface area contributed by atoms with Crippen LogP contribution in [0.3, 0.4) is 0 Å². The minimum absolute atomic E-state index is 0.190. The normalized spacial score (nSPS) is 15.9. The third-order valence-corrected chi connectivity index (χ3v) is 3.84. The number of nitrogens with zero attached hydrogens (tertiary/aromatic N) is 1. The predicted octanol–water partition coefficient (Wildman–Crippen LogP) is 3.07. The van der Waals surface area contributed by atoms with Crippen LogP contribution in [0, 0.1) is 11.7 Å². The van der Waals surface area contributed by atoms with E-state index in [4.69, 9.17) is 0 Å². The van der Waals surface area contributed by atoms with Crippen molar-refractivity contribution in [3.63, 3.8) is 0 Å². The lowest BCUT2D eigenvalue weighted by atomic mass is 9.85. The van der Waals surface area contributed by atoms with Crippen molar-refractivity contribution in [3.05, 3.63) is 35.6 Å². The summed E-state index contributed by atoms with van der Waals surface area (Å²) in [5.41, 5.74) is 0.786. The molecule has 21 heavy (non-hydrogen) atoms. The topological polar surface area (TPSA) is 36.4 Å². The van der Waals surface area contributed by atoms with Gasteiger partial charge in [-0.3, -0.25) is 4.99 Å². The first kappa shape index (κ1) is 15.8. The van der Waals surface area contributed by atoms with Crippen molar-refractivity contribution in [2.75, 3.05) is 19.6 Å². The minimum atomic E-state index is -0.191. The molecular weight excluding hydrogens is 265 g/mol.